The molecule has 2 aromatic heterocycles. The fourth-order valence-corrected chi connectivity index (χ4v) is 2.61. The first-order chi connectivity index (χ1) is 11.2. The number of aromatic nitrogens is 4. The number of benzene rings is 1. The summed E-state index contributed by atoms with van der Waals surface area (Å²) in [5.41, 5.74) is 2.07. The Morgan fingerprint density at radius 3 is 2.65 bits per heavy atom. The van der Waals surface area contributed by atoms with Gasteiger partial charge < -0.3 is 14.2 Å². The molecule has 3 aromatic rings. The molecule has 0 unspecified atom stereocenters. The number of ether oxygens (including phenoxy) is 1. The lowest BCUT2D eigenvalue weighted by atomic mass is 10.1. The number of aryl methyl sites for hydroxylation is 1. The summed E-state index contributed by atoms with van der Waals surface area (Å²) in [4.78, 5) is 6.53. The molecule has 1 aromatic carbocycles. The number of hydrogen-bond donors (Lipinski definition) is 0. The second kappa shape index (κ2) is 5.42. The summed E-state index contributed by atoms with van der Waals surface area (Å²) < 4.78 is 12.5. The maximum Gasteiger partial charge on any atom is 0.324 e. The van der Waals surface area contributed by atoms with E-state index in [1.807, 2.05) is 42.1 Å². The third kappa shape index (κ3) is 2.54. The van der Waals surface area contributed by atoms with E-state index in [0.29, 0.717) is 17.9 Å². The molecule has 1 aliphatic heterocycles. The molecular weight excluding hydrogens is 294 g/mol. The summed E-state index contributed by atoms with van der Waals surface area (Å²) >= 11 is 0. The molecule has 0 amide bonds. The fraction of sp³-hybridized carbons (Fsp3) is 0.312. The largest absolute Gasteiger partial charge is 0.497 e. The quantitative estimate of drug-likeness (QED) is 0.736. The van der Waals surface area contributed by atoms with Crippen LogP contribution in [0.1, 0.15) is 11.6 Å². The molecule has 1 aliphatic rings. The van der Waals surface area contributed by atoms with Gasteiger partial charge >= 0.3 is 6.01 Å². The van der Waals surface area contributed by atoms with E-state index in [9.17, 15) is 0 Å². The molecule has 23 heavy (non-hydrogen) atoms. The van der Waals surface area contributed by atoms with Gasteiger partial charge in [-0.1, -0.05) is 5.16 Å². The van der Waals surface area contributed by atoms with Gasteiger partial charge in [-0.3, -0.25) is 4.68 Å². The zero-order chi connectivity index (χ0) is 15.8. The first-order valence-corrected chi connectivity index (χ1v) is 7.47. The van der Waals surface area contributed by atoms with Gasteiger partial charge in [0.15, 0.2) is 0 Å². The molecule has 0 radical (unpaired) electrons. The summed E-state index contributed by atoms with van der Waals surface area (Å²) in [6.07, 6.45) is 3.93. The standard InChI is InChI=1S/C16H17N5O2/c1-11-7-17-21(8-11)13-9-20(10-13)16-18-15(19-23-16)12-3-5-14(22-2)6-4-12/h3-8,13H,9-10H2,1-2H3. The Balaban J connectivity index is 1.44. The first kappa shape index (κ1) is 13.8. The lowest BCUT2D eigenvalue weighted by Crippen LogP contribution is -2.48. The summed E-state index contributed by atoms with van der Waals surface area (Å²) in [5.74, 6) is 1.39. The zero-order valence-electron chi connectivity index (χ0n) is 13.0. The van der Waals surface area contributed by atoms with E-state index >= 15 is 0 Å². The SMILES string of the molecule is COc1ccc(-c2noc(N3CC(n4cc(C)cn4)C3)n2)cc1. The zero-order valence-corrected chi connectivity index (χ0v) is 13.0. The maximum atomic E-state index is 5.37. The van der Waals surface area contributed by atoms with Crippen molar-refractivity contribution in [1.82, 2.24) is 19.9 Å². The molecule has 7 heteroatoms. The molecule has 0 atom stereocenters. The van der Waals surface area contributed by atoms with Gasteiger partial charge in [0.2, 0.25) is 5.82 Å². The van der Waals surface area contributed by atoms with Gasteiger partial charge in [-0.2, -0.15) is 10.1 Å². The smallest absolute Gasteiger partial charge is 0.324 e. The van der Waals surface area contributed by atoms with Crippen molar-refractivity contribution in [3.8, 4) is 17.1 Å². The van der Waals surface area contributed by atoms with Gasteiger partial charge in [0.25, 0.3) is 0 Å². The van der Waals surface area contributed by atoms with Crippen molar-refractivity contribution in [3.05, 3.63) is 42.2 Å². The molecule has 0 spiro atoms. The van der Waals surface area contributed by atoms with E-state index < -0.39 is 0 Å². The summed E-state index contributed by atoms with van der Waals surface area (Å²) in [7, 11) is 1.64. The van der Waals surface area contributed by atoms with Crippen LogP contribution in [0.15, 0.2) is 41.2 Å². The Hall–Kier alpha value is -2.83. The third-order valence-electron chi connectivity index (χ3n) is 4.00. The molecule has 0 saturated carbocycles. The third-order valence-corrected chi connectivity index (χ3v) is 4.00. The normalized spacial score (nSPS) is 14.8. The monoisotopic (exact) mass is 311 g/mol. The minimum atomic E-state index is 0.361. The number of anilines is 1. The van der Waals surface area contributed by atoms with Crippen LogP contribution in [0, 0.1) is 6.92 Å². The molecule has 4 rings (SSSR count). The van der Waals surface area contributed by atoms with Crippen molar-refractivity contribution in [2.24, 2.45) is 0 Å². The topological polar surface area (TPSA) is 69.2 Å². The van der Waals surface area contributed by atoms with Crippen LogP contribution in [-0.4, -0.2) is 40.1 Å². The Morgan fingerprint density at radius 2 is 2.00 bits per heavy atom. The van der Waals surface area contributed by atoms with E-state index in [2.05, 4.69) is 26.3 Å². The van der Waals surface area contributed by atoms with Gasteiger partial charge in [-0.05, 0) is 36.8 Å². The predicted octanol–water partition coefficient (Wildman–Crippen LogP) is 2.31. The Kier molecular flexibility index (Phi) is 3.25. The molecule has 118 valence electrons. The molecule has 0 aliphatic carbocycles. The highest BCUT2D eigenvalue weighted by Gasteiger charge is 2.32. The van der Waals surface area contributed by atoms with Crippen molar-refractivity contribution >= 4 is 6.01 Å². The highest BCUT2D eigenvalue weighted by Crippen LogP contribution is 2.28. The minimum Gasteiger partial charge on any atom is -0.497 e. The fourth-order valence-electron chi connectivity index (χ4n) is 2.61. The summed E-state index contributed by atoms with van der Waals surface area (Å²) in [5, 5.41) is 8.40. The Bertz CT molecular complexity index is 802. The first-order valence-electron chi connectivity index (χ1n) is 7.47. The van der Waals surface area contributed by atoms with Crippen molar-refractivity contribution in [2.45, 2.75) is 13.0 Å². The molecular formula is C16H17N5O2. The van der Waals surface area contributed by atoms with Gasteiger partial charge in [0, 0.05) is 24.8 Å². The van der Waals surface area contributed by atoms with E-state index in [1.54, 1.807) is 7.11 Å². The van der Waals surface area contributed by atoms with Crippen molar-refractivity contribution in [3.63, 3.8) is 0 Å². The summed E-state index contributed by atoms with van der Waals surface area (Å²) in [6, 6.07) is 8.50. The Labute approximate surface area is 133 Å². The number of nitrogens with zero attached hydrogens (tertiary/aromatic N) is 5. The number of methoxy groups -OCH3 is 1. The predicted molar refractivity (Wildman–Crippen MR) is 84.5 cm³/mol. The second-order valence-electron chi connectivity index (χ2n) is 5.69. The van der Waals surface area contributed by atoms with E-state index in [4.69, 9.17) is 9.26 Å². The van der Waals surface area contributed by atoms with Crippen LogP contribution in [0.4, 0.5) is 6.01 Å². The van der Waals surface area contributed by atoms with Gasteiger partial charge in [-0.15, -0.1) is 0 Å². The molecule has 1 saturated heterocycles. The van der Waals surface area contributed by atoms with Crippen molar-refractivity contribution in [2.75, 3.05) is 25.1 Å². The molecule has 1 fully saturated rings. The minimum absolute atomic E-state index is 0.361. The second-order valence-corrected chi connectivity index (χ2v) is 5.69. The van der Waals surface area contributed by atoms with Crippen LogP contribution < -0.4 is 9.64 Å². The van der Waals surface area contributed by atoms with Crippen LogP contribution in [-0.2, 0) is 0 Å². The van der Waals surface area contributed by atoms with Crippen LogP contribution in [0.25, 0.3) is 11.4 Å². The molecule has 7 nitrogen and oxygen atoms in total. The van der Waals surface area contributed by atoms with Crippen molar-refractivity contribution in [1.29, 1.82) is 0 Å². The number of hydrogen-bond acceptors (Lipinski definition) is 6. The average molecular weight is 311 g/mol. The van der Waals surface area contributed by atoms with Crippen LogP contribution in [0.2, 0.25) is 0 Å². The van der Waals surface area contributed by atoms with Crippen LogP contribution in [0.5, 0.6) is 5.75 Å². The highest BCUT2D eigenvalue weighted by atomic mass is 16.5. The van der Waals surface area contributed by atoms with Crippen LogP contribution >= 0.6 is 0 Å². The van der Waals surface area contributed by atoms with Crippen LogP contribution in [0.3, 0.4) is 0 Å². The van der Waals surface area contributed by atoms with Gasteiger partial charge in [0.05, 0.1) is 19.3 Å². The van der Waals surface area contributed by atoms with E-state index in [-0.39, 0.29) is 0 Å². The maximum absolute atomic E-state index is 5.37. The molecule has 3 heterocycles. The van der Waals surface area contributed by atoms with Gasteiger partial charge in [-0.25, -0.2) is 0 Å². The lowest BCUT2D eigenvalue weighted by molar-refractivity contribution is 0.325. The van der Waals surface area contributed by atoms with E-state index in [1.165, 1.54) is 5.56 Å². The average Bonchev–Trinajstić information content (AvgIpc) is 3.16. The highest BCUT2D eigenvalue weighted by molar-refractivity contribution is 5.57. The van der Waals surface area contributed by atoms with E-state index in [0.717, 1.165) is 24.4 Å². The molecule has 0 bridgehead atoms. The Morgan fingerprint density at radius 1 is 1.22 bits per heavy atom. The summed E-state index contributed by atoms with van der Waals surface area (Å²) in [6.45, 7) is 3.69. The van der Waals surface area contributed by atoms with Gasteiger partial charge in [0.1, 0.15) is 5.75 Å². The van der Waals surface area contributed by atoms with Crippen molar-refractivity contribution < 1.29 is 9.26 Å². The lowest BCUT2D eigenvalue weighted by Gasteiger charge is -2.37. The molecule has 0 N–H and O–H groups in total. The number of rotatable bonds is 4.